The average Bonchev–Trinajstić information content (AvgIpc) is 2.10. The molecule has 0 aromatic heterocycles. The second-order valence-corrected chi connectivity index (χ2v) is 1.90. The Hall–Kier alpha value is -1.05. The van der Waals surface area contributed by atoms with Crippen molar-refractivity contribution < 1.29 is 9.53 Å². The maximum absolute atomic E-state index is 10.5. The van der Waals surface area contributed by atoms with Gasteiger partial charge in [-0.25, -0.2) is 4.79 Å². The van der Waals surface area contributed by atoms with Crippen LogP contribution < -0.4 is 0 Å². The highest BCUT2D eigenvalue weighted by Crippen LogP contribution is 2.17. The molecule has 0 amide bonds. The van der Waals surface area contributed by atoms with Crippen LogP contribution >= 0.6 is 0 Å². The van der Waals surface area contributed by atoms with Gasteiger partial charge in [0.05, 0.1) is 0 Å². The maximum Gasteiger partial charge on any atom is 0.336 e. The summed E-state index contributed by atoms with van der Waals surface area (Å²) in [5.74, 6) is 0.417. The molecule has 1 heterocycles. The fraction of sp³-hybridized carbons (Fsp3) is 0.286. The SMILES string of the molecule is C/C=C1/OC(=O)C=C1C. The van der Waals surface area contributed by atoms with Crippen LogP contribution in [0.15, 0.2) is 23.5 Å². The van der Waals surface area contributed by atoms with Gasteiger partial charge in [-0.15, -0.1) is 0 Å². The summed E-state index contributed by atoms with van der Waals surface area (Å²) >= 11 is 0. The van der Waals surface area contributed by atoms with Crippen molar-refractivity contribution in [1.82, 2.24) is 0 Å². The van der Waals surface area contributed by atoms with E-state index in [1.807, 2.05) is 13.8 Å². The number of allylic oxidation sites excluding steroid dienone is 2. The Morgan fingerprint density at radius 2 is 2.33 bits per heavy atom. The molecule has 1 rings (SSSR count). The molecule has 1 aliphatic rings. The van der Waals surface area contributed by atoms with E-state index in [9.17, 15) is 4.79 Å². The van der Waals surface area contributed by atoms with E-state index in [2.05, 4.69) is 0 Å². The summed E-state index contributed by atoms with van der Waals surface area (Å²) < 4.78 is 4.75. The lowest BCUT2D eigenvalue weighted by atomic mass is 10.2. The van der Waals surface area contributed by atoms with E-state index in [-0.39, 0.29) is 5.97 Å². The summed E-state index contributed by atoms with van der Waals surface area (Å²) in [5, 5.41) is 0. The first-order valence-electron chi connectivity index (χ1n) is 2.81. The van der Waals surface area contributed by atoms with E-state index in [0.29, 0.717) is 5.76 Å². The molecule has 2 heteroatoms. The Morgan fingerprint density at radius 3 is 2.56 bits per heavy atom. The van der Waals surface area contributed by atoms with Gasteiger partial charge in [-0.3, -0.25) is 0 Å². The van der Waals surface area contributed by atoms with Crippen molar-refractivity contribution in [3.05, 3.63) is 23.5 Å². The Labute approximate surface area is 53.8 Å². The predicted molar refractivity (Wildman–Crippen MR) is 33.6 cm³/mol. The van der Waals surface area contributed by atoms with Crippen molar-refractivity contribution in [3.63, 3.8) is 0 Å². The lowest BCUT2D eigenvalue weighted by Crippen LogP contribution is -1.89. The Balaban J connectivity index is 2.89. The van der Waals surface area contributed by atoms with Crippen LogP contribution in [-0.4, -0.2) is 5.97 Å². The van der Waals surface area contributed by atoms with Crippen LogP contribution in [0.5, 0.6) is 0 Å². The molecule has 0 atom stereocenters. The molecular weight excluding hydrogens is 116 g/mol. The number of rotatable bonds is 0. The Bertz CT molecular complexity index is 199. The Morgan fingerprint density at radius 1 is 1.67 bits per heavy atom. The molecule has 2 nitrogen and oxygen atoms in total. The van der Waals surface area contributed by atoms with Gasteiger partial charge in [-0.1, -0.05) is 0 Å². The summed E-state index contributed by atoms with van der Waals surface area (Å²) in [6, 6.07) is 0. The zero-order chi connectivity index (χ0) is 6.85. The number of carbonyl (C=O) groups is 1. The summed E-state index contributed by atoms with van der Waals surface area (Å²) in [5.41, 5.74) is 0.905. The van der Waals surface area contributed by atoms with Gasteiger partial charge in [0.25, 0.3) is 0 Å². The Kier molecular flexibility index (Phi) is 1.39. The van der Waals surface area contributed by atoms with Crippen LogP contribution in [0.2, 0.25) is 0 Å². The van der Waals surface area contributed by atoms with Crippen molar-refractivity contribution >= 4 is 5.97 Å². The van der Waals surface area contributed by atoms with Crippen LogP contribution in [0, 0.1) is 0 Å². The van der Waals surface area contributed by atoms with Crippen molar-refractivity contribution in [1.29, 1.82) is 0 Å². The standard InChI is InChI=1S/C7H8O2/c1-3-6-5(2)4-7(8)9-6/h3-4H,1-2H3/b6-3+. The van der Waals surface area contributed by atoms with E-state index < -0.39 is 0 Å². The van der Waals surface area contributed by atoms with Crippen molar-refractivity contribution in [3.8, 4) is 0 Å². The summed E-state index contributed by atoms with van der Waals surface area (Å²) in [7, 11) is 0. The fourth-order valence-corrected chi connectivity index (χ4v) is 0.753. The van der Waals surface area contributed by atoms with Gasteiger partial charge < -0.3 is 4.74 Å². The first-order valence-corrected chi connectivity index (χ1v) is 2.81. The topological polar surface area (TPSA) is 26.3 Å². The molecule has 0 radical (unpaired) electrons. The van der Waals surface area contributed by atoms with Gasteiger partial charge in [-0.05, 0) is 25.5 Å². The predicted octanol–water partition coefficient (Wildman–Crippen LogP) is 1.39. The van der Waals surface area contributed by atoms with Crippen molar-refractivity contribution in [2.24, 2.45) is 0 Å². The second kappa shape index (κ2) is 2.05. The lowest BCUT2D eigenvalue weighted by Gasteiger charge is -1.94. The van der Waals surface area contributed by atoms with E-state index >= 15 is 0 Å². The molecular formula is C7H8O2. The minimum absolute atomic E-state index is 0.263. The van der Waals surface area contributed by atoms with E-state index in [1.54, 1.807) is 6.08 Å². The van der Waals surface area contributed by atoms with Crippen LogP contribution in [0.3, 0.4) is 0 Å². The van der Waals surface area contributed by atoms with E-state index in [1.165, 1.54) is 6.08 Å². The number of hydrogen-bond donors (Lipinski definition) is 0. The zero-order valence-electron chi connectivity index (χ0n) is 5.47. The monoisotopic (exact) mass is 124 g/mol. The van der Waals surface area contributed by atoms with E-state index in [4.69, 9.17) is 4.74 Å². The molecule has 0 aromatic carbocycles. The van der Waals surface area contributed by atoms with Gasteiger partial charge in [0.15, 0.2) is 0 Å². The van der Waals surface area contributed by atoms with Crippen molar-refractivity contribution in [2.75, 3.05) is 0 Å². The lowest BCUT2D eigenvalue weighted by molar-refractivity contribution is -0.132. The quantitative estimate of drug-likeness (QED) is 0.456. The smallest absolute Gasteiger partial charge is 0.336 e. The largest absolute Gasteiger partial charge is 0.423 e. The van der Waals surface area contributed by atoms with Gasteiger partial charge in [0.2, 0.25) is 0 Å². The number of esters is 1. The zero-order valence-corrected chi connectivity index (χ0v) is 5.47. The number of ether oxygens (including phenoxy) is 1. The third kappa shape index (κ3) is 1.02. The summed E-state index contributed by atoms with van der Waals surface area (Å²) in [6.45, 7) is 3.69. The molecule has 1 aliphatic heterocycles. The highest BCUT2D eigenvalue weighted by molar-refractivity contribution is 5.88. The van der Waals surface area contributed by atoms with Gasteiger partial charge >= 0.3 is 5.97 Å². The molecule has 0 saturated carbocycles. The fourth-order valence-electron chi connectivity index (χ4n) is 0.753. The number of carbonyl (C=O) groups excluding carboxylic acids is 1. The molecule has 0 fully saturated rings. The van der Waals surface area contributed by atoms with Gasteiger partial charge in [0.1, 0.15) is 5.76 Å². The van der Waals surface area contributed by atoms with Crippen molar-refractivity contribution in [2.45, 2.75) is 13.8 Å². The molecule has 0 aromatic rings. The second-order valence-electron chi connectivity index (χ2n) is 1.90. The third-order valence-corrected chi connectivity index (χ3v) is 1.20. The average molecular weight is 124 g/mol. The highest BCUT2D eigenvalue weighted by atomic mass is 16.5. The molecule has 48 valence electrons. The number of cyclic esters (lactones) is 1. The van der Waals surface area contributed by atoms with Crippen LogP contribution in [-0.2, 0) is 9.53 Å². The molecule has 0 unspecified atom stereocenters. The van der Waals surface area contributed by atoms with E-state index in [0.717, 1.165) is 5.57 Å². The third-order valence-electron chi connectivity index (χ3n) is 1.20. The van der Waals surface area contributed by atoms with Crippen LogP contribution in [0.1, 0.15) is 13.8 Å². The maximum atomic E-state index is 10.5. The summed E-state index contributed by atoms with van der Waals surface area (Å²) in [4.78, 5) is 10.5. The molecule has 0 aliphatic carbocycles. The van der Waals surface area contributed by atoms with Crippen LogP contribution in [0.25, 0.3) is 0 Å². The number of hydrogen-bond acceptors (Lipinski definition) is 2. The summed E-state index contributed by atoms with van der Waals surface area (Å²) in [6.07, 6.45) is 3.26. The van der Waals surface area contributed by atoms with Gasteiger partial charge in [0, 0.05) is 6.08 Å². The minimum atomic E-state index is -0.263. The molecule has 0 bridgehead atoms. The first-order chi connectivity index (χ1) is 4.24. The minimum Gasteiger partial charge on any atom is -0.423 e. The molecule has 0 saturated heterocycles. The van der Waals surface area contributed by atoms with Gasteiger partial charge in [-0.2, -0.15) is 0 Å². The molecule has 0 N–H and O–H groups in total. The van der Waals surface area contributed by atoms with Crippen LogP contribution in [0.4, 0.5) is 0 Å². The normalized spacial score (nSPS) is 22.2. The molecule has 0 spiro atoms. The molecule has 9 heavy (non-hydrogen) atoms. The highest BCUT2D eigenvalue weighted by Gasteiger charge is 2.13. The first kappa shape index (κ1) is 6.08.